The molecule has 4 nitrogen and oxygen atoms in total. The first-order valence-electron chi connectivity index (χ1n) is 9.50. The van der Waals surface area contributed by atoms with Crippen LogP contribution in [-0.4, -0.2) is 14.2 Å². The summed E-state index contributed by atoms with van der Waals surface area (Å²) < 4.78 is 13.1. The van der Waals surface area contributed by atoms with Gasteiger partial charge in [0.15, 0.2) is 0 Å². The first-order chi connectivity index (χ1) is 15.5. The molecule has 0 amide bonds. The largest absolute Gasteiger partial charge is 0.496 e. The fraction of sp³-hybridized carbons (Fsp3) is 0.0769. The molecule has 0 saturated carbocycles. The van der Waals surface area contributed by atoms with Gasteiger partial charge in [0.05, 0.1) is 37.5 Å². The highest BCUT2D eigenvalue weighted by Gasteiger charge is 2.12. The number of rotatable bonds is 6. The van der Waals surface area contributed by atoms with E-state index < -0.39 is 0 Å². The molecular weight excluding hydrogens is 532 g/mol. The zero-order chi connectivity index (χ0) is 23.1. The molecule has 0 aliphatic heterocycles. The second kappa shape index (κ2) is 10.8. The third kappa shape index (κ3) is 5.48. The summed E-state index contributed by atoms with van der Waals surface area (Å²) in [6.45, 7) is 0. The molecule has 6 heteroatoms. The summed E-state index contributed by atoms with van der Waals surface area (Å²) in [6, 6.07) is 23.1. The molecule has 0 radical (unpaired) electrons. The minimum atomic E-state index is 0.494. The van der Waals surface area contributed by atoms with Crippen LogP contribution in [0.3, 0.4) is 0 Å². The van der Waals surface area contributed by atoms with Gasteiger partial charge in [-0.15, -0.1) is 0 Å². The Balaban J connectivity index is 2.10. The SMILES string of the molecule is COc1cc(/C=C(\C#N)c2ccc(Br)cc2)c(OC)cc1/C=C(\C#N)c1ccc(Br)cc1. The summed E-state index contributed by atoms with van der Waals surface area (Å²) in [4.78, 5) is 0. The lowest BCUT2D eigenvalue weighted by molar-refractivity contribution is 0.401. The average molecular weight is 550 g/mol. The predicted octanol–water partition coefficient (Wildman–Crippen LogP) is 7.36. The summed E-state index contributed by atoms with van der Waals surface area (Å²) >= 11 is 6.82. The van der Waals surface area contributed by atoms with E-state index in [2.05, 4.69) is 44.0 Å². The Morgan fingerprint density at radius 1 is 0.688 bits per heavy atom. The number of ether oxygens (including phenoxy) is 2. The first-order valence-corrected chi connectivity index (χ1v) is 11.1. The standard InChI is InChI=1S/C26H18Br2N2O2/c1-31-25-13-20(12-22(16-30)18-5-9-24(28)10-6-18)26(32-2)14-19(25)11-21(15-29)17-3-7-23(27)8-4-17/h3-14H,1-2H3/b21-11+,22-12+. The fourth-order valence-corrected chi connectivity index (χ4v) is 3.63. The molecule has 158 valence electrons. The van der Waals surface area contributed by atoms with Gasteiger partial charge in [-0.3, -0.25) is 0 Å². The number of nitrogens with zero attached hydrogens (tertiary/aromatic N) is 2. The van der Waals surface area contributed by atoms with E-state index in [1.165, 1.54) is 0 Å². The van der Waals surface area contributed by atoms with Crippen molar-refractivity contribution in [2.45, 2.75) is 0 Å². The van der Waals surface area contributed by atoms with Crippen LogP contribution < -0.4 is 9.47 Å². The molecule has 0 aliphatic rings. The number of hydrogen-bond acceptors (Lipinski definition) is 4. The van der Waals surface area contributed by atoms with Crippen LogP contribution in [0.5, 0.6) is 11.5 Å². The van der Waals surface area contributed by atoms with E-state index in [9.17, 15) is 10.5 Å². The van der Waals surface area contributed by atoms with Crippen molar-refractivity contribution in [1.29, 1.82) is 10.5 Å². The van der Waals surface area contributed by atoms with Crippen LogP contribution in [0, 0.1) is 22.7 Å². The molecule has 0 atom stereocenters. The molecule has 0 saturated heterocycles. The zero-order valence-electron chi connectivity index (χ0n) is 17.4. The molecule has 0 N–H and O–H groups in total. The lowest BCUT2D eigenvalue weighted by atomic mass is 9.99. The molecule has 0 fully saturated rings. The van der Waals surface area contributed by atoms with Crippen LogP contribution in [0.25, 0.3) is 23.3 Å². The third-order valence-corrected chi connectivity index (χ3v) is 5.79. The highest BCUT2D eigenvalue weighted by Crippen LogP contribution is 2.34. The third-order valence-electron chi connectivity index (χ3n) is 4.73. The minimum absolute atomic E-state index is 0.494. The molecule has 3 rings (SSSR count). The molecule has 3 aromatic carbocycles. The topological polar surface area (TPSA) is 66.0 Å². The maximum atomic E-state index is 9.70. The summed E-state index contributed by atoms with van der Waals surface area (Å²) in [5.41, 5.74) is 3.97. The number of hydrogen-bond donors (Lipinski definition) is 0. The molecular formula is C26H18Br2N2O2. The number of nitriles is 2. The normalized spacial score (nSPS) is 11.4. The van der Waals surface area contributed by atoms with Gasteiger partial charge in [0.25, 0.3) is 0 Å². The summed E-state index contributed by atoms with van der Waals surface area (Å²) in [5, 5.41) is 19.4. The van der Waals surface area contributed by atoms with Crippen LogP contribution in [0.4, 0.5) is 0 Å². The van der Waals surface area contributed by atoms with Gasteiger partial charge in [0.2, 0.25) is 0 Å². The van der Waals surface area contributed by atoms with Crippen molar-refractivity contribution in [3.05, 3.63) is 91.9 Å². The Morgan fingerprint density at radius 2 is 1.03 bits per heavy atom. The van der Waals surface area contributed by atoms with Crippen LogP contribution in [-0.2, 0) is 0 Å². The van der Waals surface area contributed by atoms with E-state index in [0.717, 1.165) is 20.1 Å². The lowest BCUT2D eigenvalue weighted by Gasteiger charge is -2.12. The van der Waals surface area contributed by atoms with Gasteiger partial charge < -0.3 is 9.47 Å². The number of allylic oxidation sites excluding steroid dienone is 2. The van der Waals surface area contributed by atoms with E-state index in [-0.39, 0.29) is 0 Å². The molecule has 0 spiro atoms. The Hall–Kier alpha value is -3.32. The molecule has 0 aromatic heterocycles. The molecule has 0 bridgehead atoms. The molecule has 0 aliphatic carbocycles. The van der Waals surface area contributed by atoms with Gasteiger partial charge >= 0.3 is 0 Å². The van der Waals surface area contributed by atoms with Gasteiger partial charge in [0, 0.05) is 20.1 Å². The first kappa shape index (κ1) is 23.3. The van der Waals surface area contributed by atoms with Gasteiger partial charge in [0.1, 0.15) is 11.5 Å². The Labute approximate surface area is 204 Å². The maximum absolute atomic E-state index is 9.70. The van der Waals surface area contributed by atoms with Gasteiger partial charge in [-0.1, -0.05) is 56.1 Å². The molecule has 3 aromatic rings. The van der Waals surface area contributed by atoms with E-state index in [0.29, 0.717) is 33.8 Å². The quantitative estimate of drug-likeness (QED) is 0.238. The van der Waals surface area contributed by atoms with Crippen molar-refractivity contribution in [2.75, 3.05) is 14.2 Å². The van der Waals surface area contributed by atoms with Gasteiger partial charge in [-0.05, 0) is 59.7 Å². The molecule has 0 heterocycles. The second-order valence-corrected chi connectivity index (χ2v) is 8.52. The van der Waals surface area contributed by atoms with E-state index >= 15 is 0 Å². The minimum Gasteiger partial charge on any atom is -0.496 e. The maximum Gasteiger partial charge on any atom is 0.126 e. The highest BCUT2D eigenvalue weighted by molar-refractivity contribution is 9.10. The van der Waals surface area contributed by atoms with Crippen LogP contribution in [0.15, 0.2) is 69.6 Å². The van der Waals surface area contributed by atoms with E-state index in [4.69, 9.17) is 9.47 Å². The summed E-state index contributed by atoms with van der Waals surface area (Å²) in [7, 11) is 3.14. The number of halogens is 2. The van der Waals surface area contributed by atoms with Crippen molar-refractivity contribution >= 4 is 55.2 Å². The zero-order valence-corrected chi connectivity index (χ0v) is 20.6. The van der Waals surface area contributed by atoms with E-state index in [1.807, 2.05) is 48.5 Å². The van der Waals surface area contributed by atoms with Crippen LogP contribution >= 0.6 is 31.9 Å². The van der Waals surface area contributed by atoms with Crippen molar-refractivity contribution < 1.29 is 9.47 Å². The summed E-state index contributed by atoms with van der Waals surface area (Å²) in [5.74, 6) is 1.13. The van der Waals surface area contributed by atoms with Crippen molar-refractivity contribution in [1.82, 2.24) is 0 Å². The fourth-order valence-electron chi connectivity index (χ4n) is 3.10. The summed E-state index contributed by atoms with van der Waals surface area (Å²) in [6.07, 6.45) is 3.52. The smallest absolute Gasteiger partial charge is 0.126 e. The van der Waals surface area contributed by atoms with Crippen molar-refractivity contribution in [2.24, 2.45) is 0 Å². The number of methoxy groups -OCH3 is 2. The van der Waals surface area contributed by atoms with Gasteiger partial charge in [-0.25, -0.2) is 0 Å². The number of benzene rings is 3. The van der Waals surface area contributed by atoms with Crippen molar-refractivity contribution in [3.8, 4) is 23.6 Å². The Morgan fingerprint density at radius 3 is 1.31 bits per heavy atom. The predicted molar refractivity (Wildman–Crippen MR) is 135 cm³/mol. The van der Waals surface area contributed by atoms with Gasteiger partial charge in [-0.2, -0.15) is 10.5 Å². The lowest BCUT2D eigenvalue weighted by Crippen LogP contribution is -1.94. The Bertz CT molecular complexity index is 1160. The Kier molecular flexibility index (Phi) is 7.89. The second-order valence-electron chi connectivity index (χ2n) is 6.69. The molecule has 0 unspecified atom stereocenters. The molecule has 32 heavy (non-hydrogen) atoms. The van der Waals surface area contributed by atoms with Crippen LogP contribution in [0.1, 0.15) is 22.3 Å². The monoisotopic (exact) mass is 548 g/mol. The average Bonchev–Trinajstić information content (AvgIpc) is 2.82. The highest BCUT2D eigenvalue weighted by atomic mass is 79.9. The van der Waals surface area contributed by atoms with Crippen molar-refractivity contribution in [3.63, 3.8) is 0 Å². The van der Waals surface area contributed by atoms with Crippen LogP contribution in [0.2, 0.25) is 0 Å². The van der Waals surface area contributed by atoms with E-state index in [1.54, 1.807) is 38.5 Å².